The van der Waals surface area contributed by atoms with E-state index in [0.29, 0.717) is 33.6 Å². The first-order valence-electron chi connectivity index (χ1n) is 10.6. The second kappa shape index (κ2) is 11.4. The molecule has 0 fully saturated rings. The van der Waals surface area contributed by atoms with Crippen LogP contribution < -0.4 is 29.6 Å². The number of rotatable bonds is 6. The van der Waals surface area contributed by atoms with Crippen molar-refractivity contribution >= 4 is 53.8 Å². The molecular formula is C24H21N4NaO7S2. The molecule has 14 heteroatoms. The number of hydrogen-bond donors (Lipinski definition) is 3. The zero-order valence-corrected chi connectivity index (χ0v) is 24.1. The average molecular weight is 565 g/mol. The molecule has 4 aromatic rings. The van der Waals surface area contributed by atoms with Gasteiger partial charge in [0, 0.05) is 5.39 Å². The van der Waals surface area contributed by atoms with Crippen molar-refractivity contribution in [2.75, 3.05) is 0 Å². The first-order chi connectivity index (χ1) is 17.3. The van der Waals surface area contributed by atoms with E-state index in [1.54, 1.807) is 38.1 Å². The summed E-state index contributed by atoms with van der Waals surface area (Å²) in [6.07, 6.45) is 0. The van der Waals surface area contributed by atoms with Gasteiger partial charge in [-0.2, -0.15) is 32.2 Å². The van der Waals surface area contributed by atoms with Gasteiger partial charge < -0.3 is 6.53 Å². The van der Waals surface area contributed by atoms with Gasteiger partial charge in [0.25, 0.3) is 20.2 Å². The summed E-state index contributed by atoms with van der Waals surface area (Å²) in [5, 5.41) is 27.3. The van der Waals surface area contributed by atoms with Crippen molar-refractivity contribution in [3.05, 3.63) is 77.9 Å². The summed E-state index contributed by atoms with van der Waals surface area (Å²) in [6, 6.07) is 16.0. The molecule has 0 amide bonds. The molecule has 3 N–H and O–H groups in total. The molecule has 0 saturated heterocycles. The topological polar surface area (TPSA) is 178 Å². The Labute approximate surface area is 242 Å². The number of hydrogen-bond acceptors (Lipinski definition) is 9. The summed E-state index contributed by atoms with van der Waals surface area (Å²) >= 11 is 0. The third kappa shape index (κ3) is 6.50. The largest absolute Gasteiger partial charge is 1.00 e. The average Bonchev–Trinajstić information content (AvgIpc) is 2.82. The maximum atomic E-state index is 11.9. The zero-order chi connectivity index (χ0) is 27.0. The molecule has 0 unspecified atom stereocenters. The summed E-state index contributed by atoms with van der Waals surface area (Å²) in [7, 11) is -8.90. The number of aromatic hydroxyl groups is 1. The molecule has 0 aliphatic heterocycles. The van der Waals surface area contributed by atoms with Crippen molar-refractivity contribution < 1.29 is 62.0 Å². The molecule has 0 heterocycles. The molecule has 192 valence electrons. The number of phenolic OH excluding ortho intramolecular Hbond substituents is 1. The van der Waals surface area contributed by atoms with Crippen molar-refractivity contribution in [1.82, 2.24) is 0 Å². The fourth-order valence-corrected chi connectivity index (χ4v) is 4.85. The number of aryl methyl sites for hydroxylation is 2. The van der Waals surface area contributed by atoms with Gasteiger partial charge in [-0.25, -0.2) is 0 Å². The van der Waals surface area contributed by atoms with Crippen molar-refractivity contribution in [3.63, 3.8) is 0 Å². The summed E-state index contributed by atoms with van der Waals surface area (Å²) in [6.45, 7) is 3.38. The van der Waals surface area contributed by atoms with Gasteiger partial charge in [-0.15, -0.1) is 5.11 Å². The number of azo groups is 2. The summed E-state index contributed by atoms with van der Waals surface area (Å²) < 4.78 is 65.0. The van der Waals surface area contributed by atoms with Crippen LogP contribution in [0.5, 0.6) is 5.75 Å². The van der Waals surface area contributed by atoms with Crippen molar-refractivity contribution in [1.29, 1.82) is 0 Å². The Morgan fingerprint density at radius 2 is 1.34 bits per heavy atom. The Hall–Kier alpha value is -3.04. The van der Waals surface area contributed by atoms with Gasteiger partial charge in [-0.05, 0) is 78.9 Å². The van der Waals surface area contributed by atoms with Crippen LogP contribution in [0.1, 0.15) is 12.6 Å². The first kappa shape index (κ1) is 29.5. The molecule has 0 atom stereocenters. The summed E-state index contributed by atoms with van der Waals surface area (Å²) in [5.74, 6) is -0.314. The van der Waals surface area contributed by atoms with Crippen LogP contribution in [0.15, 0.2) is 97.0 Å². The van der Waals surface area contributed by atoms with Crippen molar-refractivity contribution in [3.8, 4) is 5.75 Å². The molecule has 4 rings (SSSR count). The second-order valence-corrected chi connectivity index (χ2v) is 10.9. The van der Waals surface area contributed by atoms with E-state index in [2.05, 4.69) is 20.5 Å². The van der Waals surface area contributed by atoms with Gasteiger partial charge in [0.1, 0.15) is 16.3 Å². The number of nitrogens with zero attached hydrogens (tertiary/aromatic N) is 4. The molecule has 0 aromatic heterocycles. The minimum absolute atomic E-state index is 0. The SMILES string of the molecule is Cc1cc(S(=O)(=O)O)ccc1N=Nc1ccc(N=Nc2c(O)ccc3cccc(S(=O)(=O)O)c23)c(C)c1.[H-].[Na+]. The maximum Gasteiger partial charge on any atom is 1.00 e. The molecule has 0 aliphatic carbocycles. The standard InChI is InChI=1S/C24H20N4O7S2.Na.H/c1-14-12-17(25-26-20-10-8-18(13-15(20)2)36(30,31)32)7-9-19(14)27-28-24-21(29)11-6-16-4-3-5-22(23(16)24)37(33,34)35;;/h3-13,29H,1-2H3,(H,30,31,32)(H,33,34,35);;/q;+1;-1. The van der Waals surface area contributed by atoms with Crippen LogP contribution in [-0.2, 0) is 20.2 Å². The second-order valence-electron chi connectivity index (χ2n) is 8.06. The van der Waals surface area contributed by atoms with E-state index in [1.165, 1.54) is 42.5 Å². The van der Waals surface area contributed by atoms with Crippen LogP contribution in [0.25, 0.3) is 10.8 Å². The minimum atomic E-state index is -4.59. The predicted octanol–water partition coefficient (Wildman–Crippen LogP) is 3.60. The molecule has 0 spiro atoms. The van der Waals surface area contributed by atoms with Gasteiger partial charge in [-0.3, -0.25) is 9.11 Å². The van der Waals surface area contributed by atoms with E-state index in [4.69, 9.17) is 4.55 Å². The van der Waals surface area contributed by atoms with Gasteiger partial charge in [-0.1, -0.05) is 18.2 Å². The van der Waals surface area contributed by atoms with Crippen molar-refractivity contribution in [2.45, 2.75) is 23.6 Å². The molecule has 0 saturated carbocycles. The number of benzene rings is 4. The van der Waals surface area contributed by atoms with E-state index < -0.39 is 25.1 Å². The van der Waals surface area contributed by atoms with E-state index in [0.717, 1.165) is 0 Å². The molecule has 0 bridgehead atoms. The monoisotopic (exact) mass is 564 g/mol. The van der Waals surface area contributed by atoms with Crippen molar-refractivity contribution in [2.24, 2.45) is 20.5 Å². The number of fused-ring (bicyclic) bond motifs is 1. The quantitative estimate of drug-likeness (QED) is 0.182. The Balaban J connectivity index is 0.00000267. The van der Waals surface area contributed by atoms with E-state index in [1.807, 2.05) is 0 Å². The van der Waals surface area contributed by atoms with Crippen LogP contribution in [0.2, 0.25) is 0 Å². The third-order valence-electron chi connectivity index (χ3n) is 5.41. The minimum Gasteiger partial charge on any atom is -1.00 e. The van der Waals surface area contributed by atoms with Crippen LogP contribution in [0.3, 0.4) is 0 Å². The first-order valence-corrected chi connectivity index (χ1v) is 13.5. The van der Waals surface area contributed by atoms with Crippen LogP contribution in [0, 0.1) is 13.8 Å². The molecular weight excluding hydrogens is 543 g/mol. The molecule has 11 nitrogen and oxygen atoms in total. The fraction of sp³-hybridized carbons (Fsp3) is 0.0833. The normalized spacial score (nSPS) is 12.3. The predicted molar refractivity (Wildman–Crippen MR) is 137 cm³/mol. The zero-order valence-electron chi connectivity index (χ0n) is 21.4. The smallest absolute Gasteiger partial charge is 1.00 e. The Bertz CT molecular complexity index is 1830. The molecule has 4 aromatic carbocycles. The van der Waals surface area contributed by atoms with Crippen LogP contribution in [0.4, 0.5) is 22.7 Å². The van der Waals surface area contributed by atoms with E-state index in [9.17, 15) is 26.5 Å². The van der Waals surface area contributed by atoms with Crippen LogP contribution >= 0.6 is 0 Å². The Kier molecular flexibility index (Phi) is 8.83. The Morgan fingerprint density at radius 3 is 1.95 bits per heavy atom. The molecule has 0 aliphatic rings. The fourth-order valence-electron chi connectivity index (χ4n) is 3.56. The van der Waals surface area contributed by atoms with Gasteiger partial charge in [0.05, 0.1) is 22.0 Å². The molecule has 38 heavy (non-hydrogen) atoms. The summed E-state index contributed by atoms with van der Waals surface area (Å²) in [5.41, 5.74) is 2.32. The third-order valence-corrected chi connectivity index (χ3v) is 7.16. The maximum absolute atomic E-state index is 11.9. The van der Waals surface area contributed by atoms with Gasteiger partial charge in [0.15, 0.2) is 0 Å². The van der Waals surface area contributed by atoms with E-state index in [-0.39, 0.29) is 52.7 Å². The number of phenols is 1. The summed E-state index contributed by atoms with van der Waals surface area (Å²) in [4.78, 5) is -0.641. The van der Waals surface area contributed by atoms with Gasteiger partial charge >= 0.3 is 29.6 Å². The van der Waals surface area contributed by atoms with Crippen LogP contribution in [-0.4, -0.2) is 31.0 Å². The Morgan fingerprint density at radius 1 is 0.711 bits per heavy atom. The van der Waals surface area contributed by atoms with E-state index >= 15 is 0 Å². The van der Waals surface area contributed by atoms with Gasteiger partial charge in [0.2, 0.25) is 0 Å². The molecule has 0 radical (unpaired) electrons.